The summed E-state index contributed by atoms with van der Waals surface area (Å²) in [5.74, 6) is 5.95. The van der Waals surface area contributed by atoms with Crippen molar-refractivity contribution in [3.8, 4) is 17.7 Å². The van der Waals surface area contributed by atoms with Gasteiger partial charge in [-0.1, -0.05) is 5.92 Å². The van der Waals surface area contributed by atoms with Gasteiger partial charge in [0.2, 0.25) is 5.88 Å². The predicted molar refractivity (Wildman–Crippen MR) is 144 cm³/mol. The molecule has 0 saturated carbocycles. The van der Waals surface area contributed by atoms with Gasteiger partial charge in [0.15, 0.2) is 11.2 Å². The van der Waals surface area contributed by atoms with Crippen LogP contribution in [-0.4, -0.2) is 89.1 Å². The monoisotopic (exact) mass is 569 g/mol. The number of ether oxygens (including phenoxy) is 1. The van der Waals surface area contributed by atoms with Crippen LogP contribution in [-0.2, 0) is 0 Å². The summed E-state index contributed by atoms with van der Waals surface area (Å²) in [7, 11) is 2.84. The molecule has 4 heterocycles. The molecule has 3 aromatic rings. The Kier molecular flexibility index (Phi) is 8.85. The number of nitrogens with zero attached hydrogens (tertiary/aromatic N) is 5. The number of fused-ring (bicyclic) bond motifs is 1. The number of anilines is 2. The van der Waals surface area contributed by atoms with Crippen LogP contribution in [0.5, 0.6) is 5.88 Å². The molecule has 0 radical (unpaired) electrons. The number of nitrogens with one attached hydrogen (secondary N) is 2. The van der Waals surface area contributed by atoms with E-state index in [4.69, 9.17) is 4.74 Å². The van der Waals surface area contributed by atoms with Crippen LogP contribution in [0.2, 0.25) is 0 Å². The lowest BCUT2D eigenvalue weighted by molar-refractivity contribution is -0.0329. The molecule has 0 bridgehead atoms. The van der Waals surface area contributed by atoms with Crippen molar-refractivity contribution in [2.75, 3.05) is 57.8 Å². The van der Waals surface area contributed by atoms with E-state index in [-0.39, 0.29) is 41.2 Å². The third kappa shape index (κ3) is 6.79. The number of aromatic nitrogens is 4. The lowest BCUT2D eigenvalue weighted by Gasteiger charge is -2.33. The highest BCUT2D eigenvalue weighted by Gasteiger charge is 2.33. The Labute approximate surface area is 223 Å². The first-order valence-electron chi connectivity index (χ1n) is 11.7. The molecule has 204 valence electrons. The van der Waals surface area contributed by atoms with Gasteiger partial charge in [0, 0.05) is 31.0 Å². The third-order valence-corrected chi connectivity index (χ3v) is 7.64. The zero-order chi connectivity index (χ0) is 27.4. The first kappa shape index (κ1) is 28.2. The van der Waals surface area contributed by atoms with Gasteiger partial charge < -0.3 is 20.3 Å². The average molecular weight is 570 g/mol. The predicted octanol–water partition coefficient (Wildman–Crippen LogP) is 4.03. The molecule has 1 aliphatic heterocycles. The number of alkyl halides is 4. The van der Waals surface area contributed by atoms with Gasteiger partial charge in [-0.3, -0.25) is 4.40 Å². The van der Waals surface area contributed by atoms with Crippen molar-refractivity contribution in [2.24, 2.45) is 0 Å². The number of hydrogen-bond acceptors (Lipinski definition) is 8. The highest BCUT2D eigenvalue weighted by molar-refractivity contribution is 8.00. The molecule has 0 amide bonds. The Bertz CT molecular complexity index is 1340. The summed E-state index contributed by atoms with van der Waals surface area (Å²) >= 11 is -0.285. The highest BCUT2D eigenvalue weighted by atomic mass is 32.2. The molecule has 4 rings (SSSR count). The second-order valence-corrected chi connectivity index (χ2v) is 12.1. The van der Waals surface area contributed by atoms with Gasteiger partial charge in [-0.05, 0) is 52.8 Å². The number of halogens is 4. The molecule has 1 saturated heterocycles. The van der Waals surface area contributed by atoms with Gasteiger partial charge in [-0.15, -0.1) is 0 Å². The summed E-state index contributed by atoms with van der Waals surface area (Å²) in [4.78, 5) is 15.0. The zero-order valence-electron chi connectivity index (χ0n) is 21.3. The second kappa shape index (κ2) is 11.9. The Morgan fingerprint density at radius 1 is 1.26 bits per heavy atom. The topological polar surface area (TPSA) is 79.6 Å². The molecule has 0 aliphatic carbocycles. The number of imidazole rings is 1. The van der Waals surface area contributed by atoms with E-state index in [1.54, 1.807) is 18.3 Å². The van der Waals surface area contributed by atoms with Crippen molar-refractivity contribution in [1.82, 2.24) is 24.3 Å². The molecule has 1 fully saturated rings. The lowest BCUT2D eigenvalue weighted by Crippen LogP contribution is -2.46. The van der Waals surface area contributed by atoms with Crippen molar-refractivity contribution < 1.29 is 22.3 Å². The maximum absolute atomic E-state index is 14.6. The van der Waals surface area contributed by atoms with Gasteiger partial charge in [0.05, 0.1) is 31.6 Å². The third-order valence-electron chi connectivity index (χ3n) is 5.81. The SMILES string of the molecule is COc1nc(P(C)C)ncc1NCC#Cc1nc2c(NC3CCN(C)CC3F)cccn2c1SC(F)(F)F. The minimum atomic E-state index is -4.55. The van der Waals surface area contributed by atoms with Gasteiger partial charge in [0.25, 0.3) is 0 Å². The van der Waals surface area contributed by atoms with E-state index in [0.29, 0.717) is 35.8 Å². The van der Waals surface area contributed by atoms with E-state index in [1.165, 1.54) is 17.7 Å². The zero-order valence-corrected chi connectivity index (χ0v) is 23.0. The minimum Gasteiger partial charge on any atom is -0.479 e. The van der Waals surface area contributed by atoms with Crippen LogP contribution in [0.3, 0.4) is 0 Å². The number of piperidine rings is 1. The number of hydrogen-bond donors (Lipinski definition) is 2. The minimum absolute atomic E-state index is 0.0234. The maximum Gasteiger partial charge on any atom is 0.447 e. The fourth-order valence-electron chi connectivity index (χ4n) is 3.98. The number of rotatable bonds is 7. The van der Waals surface area contributed by atoms with Crippen LogP contribution >= 0.6 is 19.7 Å². The molecule has 2 unspecified atom stereocenters. The van der Waals surface area contributed by atoms with E-state index in [1.807, 2.05) is 25.3 Å². The van der Waals surface area contributed by atoms with Crippen molar-refractivity contribution in [3.05, 3.63) is 30.2 Å². The molecule has 8 nitrogen and oxygen atoms in total. The fraction of sp³-hybridized carbons (Fsp3) is 0.458. The molecule has 38 heavy (non-hydrogen) atoms. The summed E-state index contributed by atoms with van der Waals surface area (Å²) in [5, 5.41) is 6.03. The summed E-state index contributed by atoms with van der Waals surface area (Å²) < 4.78 is 61.6. The first-order chi connectivity index (χ1) is 18.1. The molecule has 2 atom stereocenters. The largest absolute Gasteiger partial charge is 0.479 e. The number of pyridine rings is 1. The van der Waals surface area contributed by atoms with Crippen molar-refractivity contribution in [2.45, 2.75) is 29.2 Å². The van der Waals surface area contributed by atoms with Gasteiger partial charge >= 0.3 is 5.51 Å². The van der Waals surface area contributed by atoms with E-state index in [0.717, 1.165) is 0 Å². The van der Waals surface area contributed by atoms with Crippen LogP contribution in [0.1, 0.15) is 12.1 Å². The van der Waals surface area contributed by atoms with Crippen molar-refractivity contribution in [3.63, 3.8) is 0 Å². The Hall–Kier alpha value is -2.81. The van der Waals surface area contributed by atoms with Crippen LogP contribution in [0.4, 0.5) is 28.9 Å². The highest BCUT2D eigenvalue weighted by Crippen LogP contribution is 2.39. The van der Waals surface area contributed by atoms with Crippen molar-refractivity contribution >= 4 is 42.3 Å². The molecule has 14 heteroatoms. The van der Waals surface area contributed by atoms with Crippen LogP contribution < -0.4 is 20.9 Å². The maximum atomic E-state index is 14.6. The van der Waals surface area contributed by atoms with E-state index >= 15 is 0 Å². The second-order valence-electron chi connectivity index (χ2n) is 8.89. The Morgan fingerprint density at radius 3 is 2.74 bits per heavy atom. The molecular formula is C24H28F4N7OPS. The molecular weight excluding hydrogens is 541 g/mol. The standard InChI is InChI=1S/C24H28F4N7OPS/c1-34-12-9-16(15(25)14-34)31-17-8-6-11-35-20(17)32-18(22(35)38-24(26,27)28)7-5-10-29-19-13-30-23(37(3)4)33-21(19)36-2/h6,8,11,13,15-16,29,31H,9-10,12,14H2,1-4H3. The number of likely N-dealkylation sites (tertiary alicyclic amines) is 1. The van der Waals surface area contributed by atoms with Crippen LogP contribution in [0, 0.1) is 11.8 Å². The first-order valence-corrected chi connectivity index (χ1v) is 14.8. The summed E-state index contributed by atoms with van der Waals surface area (Å²) in [5.41, 5.74) is -2.65. The van der Waals surface area contributed by atoms with Gasteiger partial charge in [-0.2, -0.15) is 18.2 Å². The van der Waals surface area contributed by atoms with Crippen molar-refractivity contribution in [1.29, 1.82) is 0 Å². The number of methoxy groups -OCH3 is 1. The molecule has 3 aromatic heterocycles. The average Bonchev–Trinajstić information content (AvgIpc) is 3.20. The summed E-state index contributed by atoms with van der Waals surface area (Å²) in [6.07, 6.45) is 2.54. The Balaban J connectivity index is 1.60. The molecule has 2 N–H and O–H groups in total. The quantitative estimate of drug-likeness (QED) is 0.191. The summed E-state index contributed by atoms with van der Waals surface area (Å²) in [6, 6.07) is 2.82. The molecule has 0 spiro atoms. The van der Waals surface area contributed by atoms with Crippen LogP contribution in [0.25, 0.3) is 5.65 Å². The summed E-state index contributed by atoms with van der Waals surface area (Å²) in [6.45, 7) is 5.15. The fourth-order valence-corrected chi connectivity index (χ4v) is 5.22. The van der Waals surface area contributed by atoms with Gasteiger partial charge in [0.1, 0.15) is 22.6 Å². The number of thioether (sulfide) groups is 1. The Morgan fingerprint density at radius 2 is 2.05 bits per heavy atom. The molecule has 0 aromatic carbocycles. The molecule has 1 aliphatic rings. The van der Waals surface area contributed by atoms with Gasteiger partial charge in [-0.25, -0.2) is 14.4 Å². The van der Waals surface area contributed by atoms with E-state index < -0.39 is 25.6 Å². The van der Waals surface area contributed by atoms with E-state index in [9.17, 15) is 17.6 Å². The normalized spacial score (nSPS) is 18.3. The smallest absolute Gasteiger partial charge is 0.447 e. The van der Waals surface area contributed by atoms with Crippen LogP contribution in [0.15, 0.2) is 29.6 Å². The van der Waals surface area contributed by atoms with E-state index in [2.05, 4.69) is 37.4 Å². The lowest BCUT2D eigenvalue weighted by atomic mass is 10.0.